The zero-order valence-electron chi connectivity index (χ0n) is 18.7. The van der Waals surface area contributed by atoms with Crippen molar-refractivity contribution in [3.05, 3.63) is 95.3 Å². The van der Waals surface area contributed by atoms with Gasteiger partial charge in [-0.2, -0.15) is 5.10 Å². The molecular weight excluding hydrogens is 449 g/mol. The van der Waals surface area contributed by atoms with Crippen molar-refractivity contribution in [3.63, 3.8) is 0 Å². The van der Waals surface area contributed by atoms with Crippen LogP contribution in [0.25, 0.3) is 0 Å². The number of ketones is 1. The number of methoxy groups -OCH3 is 1. The number of ether oxygens (including phenoxy) is 1. The number of carbonyl (C=O) groups excluding carboxylic acids is 3. The van der Waals surface area contributed by atoms with Crippen LogP contribution in [0.2, 0.25) is 0 Å². The first-order valence-corrected chi connectivity index (χ1v) is 11.2. The van der Waals surface area contributed by atoms with Gasteiger partial charge in [-0.05, 0) is 53.6 Å². The highest BCUT2D eigenvalue weighted by Gasteiger charge is 2.65. The maximum absolute atomic E-state index is 14.0. The third-order valence-electron chi connectivity index (χ3n) is 7.00. The fraction of sp³-hybridized carbons (Fsp3) is 0.185. The lowest BCUT2D eigenvalue weighted by atomic mass is 9.83. The molecule has 0 bridgehead atoms. The van der Waals surface area contributed by atoms with E-state index >= 15 is 0 Å². The van der Waals surface area contributed by atoms with Crippen LogP contribution >= 0.6 is 0 Å². The number of benzene rings is 3. The van der Waals surface area contributed by atoms with Gasteiger partial charge in [-0.1, -0.05) is 30.3 Å². The molecule has 8 heteroatoms. The topological polar surface area (TPSA) is 79.3 Å². The highest BCUT2D eigenvalue weighted by Crippen LogP contribution is 2.53. The molecule has 4 atom stereocenters. The zero-order valence-corrected chi connectivity index (χ0v) is 18.7. The van der Waals surface area contributed by atoms with Crippen LogP contribution in [-0.4, -0.2) is 42.0 Å². The molecule has 0 aliphatic carbocycles. The third kappa shape index (κ3) is 3.10. The van der Waals surface area contributed by atoms with Gasteiger partial charge in [-0.25, -0.2) is 9.29 Å². The van der Waals surface area contributed by atoms with Crippen molar-refractivity contribution in [3.8, 4) is 5.75 Å². The average molecular weight is 469 g/mol. The predicted molar refractivity (Wildman–Crippen MR) is 126 cm³/mol. The first-order valence-electron chi connectivity index (χ1n) is 11.2. The largest absolute Gasteiger partial charge is 0.497 e. The highest BCUT2D eigenvalue weighted by molar-refractivity contribution is 6.24. The number of amides is 2. The summed E-state index contributed by atoms with van der Waals surface area (Å²) >= 11 is 0. The molecule has 3 heterocycles. The fourth-order valence-electron chi connectivity index (χ4n) is 5.46. The number of carbonyl (C=O) groups is 3. The van der Waals surface area contributed by atoms with Crippen LogP contribution < -0.4 is 9.64 Å². The van der Waals surface area contributed by atoms with Crippen molar-refractivity contribution in [1.29, 1.82) is 0 Å². The smallest absolute Gasteiger partial charge is 0.240 e. The molecule has 3 aromatic rings. The number of rotatable bonds is 4. The second-order valence-electron chi connectivity index (χ2n) is 8.78. The molecule has 0 spiro atoms. The monoisotopic (exact) mass is 469 g/mol. The van der Waals surface area contributed by atoms with Gasteiger partial charge in [0.2, 0.25) is 11.8 Å². The number of hydrogen-bond donors (Lipinski definition) is 0. The molecule has 3 aromatic carbocycles. The van der Waals surface area contributed by atoms with Crippen molar-refractivity contribution in [1.82, 2.24) is 5.01 Å². The first-order chi connectivity index (χ1) is 17.0. The van der Waals surface area contributed by atoms with Gasteiger partial charge in [-0.15, -0.1) is 0 Å². The normalized spacial score (nSPS) is 24.3. The Balaban J connectivity index is 1.48. The summed E-state index contributed by atoms with van der Waals surface area (Å²) in [6.07, 6.45) is 1.65. The van der Waals surface area contributed by atoms with Crippen molar-refractivity contribution >= 4 is 29.5 Å². The van der Waals surface area contributed by atoms with Crippen LogP contribution in [-0.2, 0) is 9.59 Å². The Labute approximate surface area is 200 Å². The summed E-state index contributed by atoms with van der Waals surface area (Å²) in [5, 5.41) is 6.14. The number of imide groups is 1. The molecule has 0 radical (unpaired) electrons. The molecule has 2 saturated heterocycles. The van der Waals surface area contributed by atoms with Crippen LogP contribution in [0.1, 0.15) is 27.5 Å². The molecule has 35 heavy (non-hydrogen) atoms. The first kappa shape index (κ1) is 21.2. The van der Waals surface area contributed by atoms with Gasteiger partial charge in [0.15, 0.2) is 5.78 Å². The third-order valence-corrected chi connectivity index (χ3v) is 7.00. The number of anilines is 1. The maximum atomic E-state index is 14.0. The Morgan fingerprint density at radius 2 is 1.69 bits per heavy atom. The molecule has 3 aliphatic heterocycles. The van der Waals surface area contributed by atoms with Gasteiger partial charge in [0.05, 0.1) is 36.9 Å². The molecule has 0 N–H and O–H groups in total. The Hall–Kier alpha value is -4.33. The van der Waals surface area contributed by atoms with Crippen LogP contribution in [0.15, 0.2) is 77.9 Å². The lowest BCUT2D eigenvalue weighted by Gasteiger charge is -2.33. The zero-order chi connectivity index (χ0) is 24.3. The Kier molecular flexibility index (Phi) is 4.77. The summed E-state index contributed by atoms with van der Waals surface area (Å²) in [6.45, 7) is 0. The molecule has 174 valence electrons. The van der Waals surface area contributed by atoms with Crippen molar-refractivity contribution < 1.29 is 23.5 Å². The minimum atomic E-state index is -0.988. The van der Waals surface area contributed by atoms with E-state index in [1.165, 1.54) is 25.3 Å². The van der Waals surface area contributed by atoms with Crippen LogP contribution in [0.4, 0.5) is 10.1 Å². The molecule has 0 saturated carbocycles. The second kappa shape index (κ2) is 7.87. The summed E-state index contributed by atoms with van der Waals surface area (Å²) in [7, 11) is 1.53. The number of hydrazone groups is 1. The second-order valence-corrected chi connectivity index (χ2v) is 8.78. The minimum absolute atomic E-state index is 0.157. The summed E-state index contributed by atoms with van der Waals surface area (Å²) in [5.74, 6) is -3.07. The van der Waals surface area contributed by atoms with Crippen molar-refractivity contribution in [2.24, 2.45) is 16.9 Å². The summed E-state index contributed by atoms with van der Waals surface area (Å²) in [5.41, 5.74) is 2.19. The van der Waals surface area contributed by atoms with Gasteiger partial charge in [-0.3, -0.25) is 19.4 Å². The number of hydrogen-bond acceptors (Lipinski definition) is 6. The molecular formula is C27H20FN3O4. The van der Waals surface area contributed by atoms with E-state index in [0.717, 1.165) is 22.1 Å². The highest BCUT2D eigenvalue weighted by atomic mass is 19.1. The van der Waals surface area contributed by atoms with Crippen molar-refractivity contribution in [2.75, 3.05) is 12.0 Å². The van der Waals surface area contributed by atoms with E-state index < -0.39 is 41.6 Å². The average Bonchev–Trinajstić information content (AvgIpc) is 3.36. The molecule has 2 amide bonds. The van der Waals surface area contributed by atoms with Crippen LogP contribution in [0.5, 0.6) is 5.75 Å². The Morgan fingerprint density at radius 3 is 2.43 bits per heavy atom. The lowest BCUT2D eigenvalue weighted by molar-refractivity contribution is -0.124. The molecule has 6 rings (SSSR count). The summed E-state index contributed by atoms with van der Waals surface area (Å²) in [6, 6.07) is 17.9. The van der Waals surface area contributed by atoms with Gasteiger partial charge in [0, 0.05) is 5.56 Å². The maximum Gasteiger partial charge on any atom is 0.240 e. The molecule has 7 nitrogen and oxygen atoms in total. The molecule has 0 unspecified atom stereocenters. The van der Waals surface area contributed by atoms with Crippen LogP contribution in [0.3, 0.4) is 0 Å². The van der Waals surface area contributed by atoms with Gasteiger partial charge < -0.3 is 4.74 Å². The van der Waals surface area contributed by atoms with Crippen LogP contribution in [0, 0.1) is 17.7 Å². The lowest BCUT2D eigenvalue weighted by Crippen LogP contribution is -2.44. The fourth-order valence-corrected chi connectivity index (χ4v) is 5.46. The van der Waals surface area contributed by atoms with Gasteiger partial charge in [0.25, 0.3) is 0 Å². The van der Waals surface area contributed by atoms with E-state index in [-0.39, 0.29) is 11.5 Å². The Bertz CT molecular complexity index is 1400. The minimum Gasteiger partial charge on any atom is -0.497 e. The van der Waals surface area contributed by atoms with E-state index in [2.05, 4.69) is 5.10 Å². The van der Waals surface area contributed by atoms with E-state index in [1.807, 2.05) is 24.3 Å². The van der Waals surface area contributed by atoms with E-state index in [4.69, 9.17) is 4.74 Å². The summed E-state index contributed by atoms with van der Waals surface area (Å²) in [4.78, 5) is 42.3. The van der Waals surface area contributed by atoms with Gasteiger partial charge in [0.1, 0.15) is 17.6 Å². The van der Waals surface area contributed by atoms with E-state index in [9.17, 15) is 18.8 Å². The van der Waals surface area contributed by atoms with E-state index in [1.54, 1.807) is 35.5 Å². The number of Topliss-reactive ketones (excluding diaryl/α,β-unsaturated/α-hetero) is 1. The molecule has 2 fully saturated rings. The molecule has 3 aliphatic rings. The quantitative estimate of drug-likeness (QED) is 0.431. The van der Waals surface area contributed by atoms with Crippen molar-refractivity contribution in [2.45, 2.75) is 12.1 Å². The van der Waals surface area contributed by atoms with Gasteiger partial charge >= 0.3 is 0 Å². The number of nitrogens with zero attached hydrogens (tertiary/aromatic N) is 3. The van der Waals surface area contributed by atoms with E-state index in [0.29, 0.717) is 11.3 Å². The summed E-state index contributed by atoms with van der Waals surface area (Å²) < 4.78 is 19.2. The Morgan fingerprint density at radius 1 is 0.943 bits per heavy atom. The number of halogens is 1. The number of fused-ring (bicyclic) bond motifs is 5. The SMILES string of the molecule is COc1ccc(C(=O)[C@@H]2[C@@H]3C(=O)N(c4cccc(F)c4)C(=O)[C@H]3[C@@H]3c4ccccc4C=NN23)cc1. The standard InChI is InChI=1S/C27H20FN3O4/c1-35-19-11-9-15(10-12-19)25(32)24-22-21(23-20-8-3-2-5-16(20)14-29-31(23)24)26(33)30(27(22)34)18-7-4-6-17(28)13-18/h2-14,21-24H,1H3/t21-,22-,23+,24+/m1/s1. The molecule has 0 aromatic heterocycles. The predicted octanol–water partition coefficient (Wildman–Crippen LogP) is 3.60.